The number of aromatic nitrogens is 1. The summed E-state index contributed by atoms with van der Waals surface area (Å²) >= 11 is 0. The molecule has 0 atom stereocenters. The van der Waals surface area contributed by atoms with E-state index in [2.05, 4.69) is 168 Å². The average molecular weight is 645 g/mol. The van der Waals surface area contributed by atoms with Gasteiger partial charge in [0.15, 0.2) is 0 Å². The summed E-state index contributed by atoms with van der Waals surface area (Å²) < 4.78 is 2.33. The summed E-state index contributed by atoms with van der Waals surface area (Å²) in [6.07, 6.45) is 0. The van der Waals surface area contributed by atoms with Crippen LogP contribution in [0.25, 0.3) is 104 Å². The Morgan fingerprint density at radius 2 is 0.941 bits per heavy atom. The Bertz CT molecular complexity index is 3250. The maximum atomic E-state index is 9.94. The molecule has 2 heteroatoms. The van der Waals surface area contributed by atoms with Crippen molar-refractivity contribution in [3.63, 3.8) is 0 Å². The smallest absolute Gasteiger partial charge is 0.0992 e. The van der Waals surface area contributed by atoms with Gasteiger partial charge in [0.05, 0.1) is 22.7 Å². The lowest BCUT2D eigenvalue weighted by atomic mass is 9.87. The quantitative estimate of drug-likeness (QED) is 0.176. The molecule has 1 aromatic heterocycles. The van der Waals surface area contributed by atoms with E-state index in [9.17, 15) is 5.26 Å². The van der Waals surface area contributed by atoms with Gasteiger partial charge in [-0.25, -0.2) is 0 Å². The van der Waals surface area contributed by atoms with Gasteiger partial charge in [0, 0.05) is 16.5 Å². The number of hydrogen-bond acceptors (Lipinski definition) is 1. The van der Waals surface area contributed by atoms with Crippen LogP contribution in [-0.2, 0) is 0 Å². The van der Waals surface area contributed by atoms with Crippen LogP contribution in [0.2, 0.25) is 0 Å². The van der Waals surface area contributed by atoms with E-state index in [4.69, 9.17) is 0 Å². The van der Waals surface area contributed by atoms with Gasteiger partial charge in [-0.15, -0.1) is 0 Å². The second kappa shape index (κ2) is 10.5. The Kier molecular flexibility index (Phi) is 5.77. The molecule has 51 heavy (non-hydrogen) atoms. The van der Waals surface area contributed by atoms with Gasteiger partial charge < -0.3 is 4.57 Å². The molecule has 0 saturated carbocycles. The van der Waals surface area contributed by atoms with Crippen molar-refractivity contribution in [3.8, 4) is 34.0 Å². The highest BCUT2D eigenvalue weighted by Crippen LogP contribution is 2.45. The molecule has 0 unspecified atom stereocenters. The third-order valence-corrected chi connectivity index (χ3v) is 10.9. The first-order chi connectivity index (χ1) is 25.2. The summed E-state index contributed by atoms with van der Waals surface area (Å²) in [5.41, 5.74) is 8.80. The van der Waals surface area contributed by atoms with E-state index in [-0.39, 0.29) is 0 Å². The SMILES string of the molecule is N#Cc1cc2ccc3cc(-c4ccc(-c5cc6c7ccccc7ccc6c6ccccc56)c5ccccc45)cc4c3c2c(c1)n4-c1ccccc1. The molecule has 11 aromatic rings. The topological polar surface area (TPSA) is 28.7 Å². The Labute approximate surface area is 294 Å². The van der Waals surface area contributed by atoms with Gasteiger partial charge in [0.2, 0.25) is 0 Å². The summed E-state index contributed by atoms with van der Waals surface area (Å²) in [4.78, 5) is 0. The molecule has 0 aliphatic heterocycles. The van der Waals surface area contributed by atoms with E-state index in [0.717, 1.165) is 22.1 Å². The van der Waals surface area contributed by atoms with Crippen LogP contribution in [-0.4, -0.2) is 4.57 Å². The first-order valence-corrected chi connectivity index (χ1v) is 17.4. The van der Waals surface area contributed by atoms with Crippen molar-refractivity contribution in [1.82, 2.24) is 4.57 Å². The molecule has 0 aliphatic rings. The van der Waals surface area contributed by atoms with Crippen LogP contribution < -0.4 is 0 Å². The number of para-hydroxylation sites is 1. The molecule has 0 aliphatic carbocycles. The molecule has 2 nitrogen and oxygen atoms in total. The molecule has 10 aromatic carbocycles. The fraction of sp³-hybridized carbons (Fsp3) is 0. The van der Waals surface area contributed by atoms with E-state index in [1.807, 2.05) is 12.1 Å². The summed E-state index contributed by atoms with van der Waals surface area (Å²) in [7, 11) is 0. The number of fused-ring (bicyclic) bond motifs is 6. The highest BCUT2D eigenvalue weighted by molar-refractivity contribution is 6.26. The van der Waals surface area contributed by atoms with Crippen LogP contribution in [0.4, 0.5) is 0 Å². The van der Waals surface area contributed by atoms with Crippen LogP contribution in [0.5, 0.6) is 0 Å². The predicted octanol–water partition coefficient (Wildman–Crippen LogP) is 13.2. The molecule has 0 saturated heterocycles. The minimum absolute atomic E-state index is 0.668. The molecule has 0 amide bonds. The van der Waals surface area contributed by atoms with Gasteiger partial charge in [-0.3, -0.25) is 0 Å². The van der Waals surface area contributed by atoms with Crippen LogP contribution in [0, 0.1) is 11.3 Å². The van der Waals surface area contributed by atoms with Crippen molar-refractivity contribution >= 4 is 75.7 Å². The Balaban J connectivity index is 1.20. The highest BCUT2D eigenvalue weighted by atomic mass is 15.0. The van der Waals surface area contributed by atoms with Crippen molar-refractivity contribution in [2.24, 2.45) is 0 Å². The fourth-order valence-electron chi connectivity index (χ4n) is 8.71. The minimum atomic E-state index is 0.668. The Morgan fingerprint density at radius 3 is 1.71 bits per heavy atom. The van der Waals surface area contributed by atoms with Gasteiger partial charge in [0.1, 0.15) is 0 Å². The zero-order valence-electron chi connectivity index (χ0n) is 27.6. The van der Waals surface area contributed by atoms with Crippen molar-refractivity contribution in [2.75, 3.05) is 0 Å². The Hall–Kier alpha value is -6.95. The Morgan fingerprint density at radius 1 is 0.373 bits per heavy atom. The molecule has 11 rings (SSSR count). The number of benzene rings is 10. The van der Waals surface area contributed by atoms with Crippen LogP contribution >= 0.6 is 0 Å². The molecule has 0 fully saturated rings. The summed E-state index contributed by atoms with van der Waals surface area (Å²) in [5.74, 6) is 0. The van der Waals surface area contributed by atoms with Crippen molar-refractivity contribution < 1.29 is 0 Å². The lowest BCUT2D eigenvalue weighted by molar-refractivity contribution is 1.18. The van der Waals surface area contributed by atoms with Gasteiger partial charge in [0.25, 0.3) is 0 Å². The number of nitrogens with zero attached hydrogens (tertiary/aromatic N) is 2. The van der Waals surface area contributed by atoms with Gasteiger partial charge >= 0.3 is 0 Å². The largest absolute Gasteiger partial charge is 0.309 e. The molecule has 234 valence electrons. The van der Waals surface area contributed by atoms with Crippen molar-refractivity contribution in [3.05, 3.63) is 175 Å². The van der Waals surface area contributed by atoms with E-state index in [1.54, 1.807) is 0 Å². The van der Waals surface area contributed by atoms with E-state index >= 15 is 0 Å². The number of rotatable bonds is 3. The highest BCUT2D eigenvalue weighted by Gasteiger charge is 2.20. The maximum absolute atomic E-state index is 9.94. The average Bonchev–Trinajstić information content (AvgIpc) is 3.53. The molecule has 0 radical (unpaired) electrons. The zero-order chi connectivity index (χ0) is 33.6. The fourth-order valence-corrected chi connectivity index (χ4v) is 8.71. The first-order valence-electron chi connectivity index (χ1n) is 17.4. The number of hydrogen-bond donors (Lipinski definition) is 0. The lowest BCUT2D eigenvalue weighted by Crippen LogP contribution is -1.94. The molecular formula is C49H28N2. The first kappa shape index (κ1) is 27.9. The standard InChI is InChI=1S/C49H28N2/c50-29-30-24-32-18-19-33-26-34(27-47-49(33)48(32)46(25-30)51(47)35-11-2-1-3-12-35)37-22-23-43(39-15-7-6-14-38(37)39)45-28-44-36-13-5-4-10-31(36)20-21-42(44)40-16-8-9-17-41(40)45/h1-28H. The van der Waals surface area contributed by atoms with Crippen LogP contribution in [0.1, 0.15) is 5.56 Å². The van der Waals surface area contributed by atoms with Crippen LogP contribution in [0.3, 0.4) is 0 Å². The third kappa shape index (κ3) is 3.98. The summed E-state index contributed by atoms with van der Waals surface area (Å²) in [5, 5.41) is 24.7. The van der Waals surface area contributed by atoms with E-state index < -0.39 is 0 Å². The maximum Gasteiger partial charge on any atom is 0.0992 e. The van der Waals surface area contributed by atoms with Gasteiger partial charge in [-0.2, -0.15) is 5.26 Å². The number of nitriles is 1. The van der Waals surface area contributed by atoms with Crippen molar-refractivity contribution in [1.29, 1.82) is 5.26 Å². The van der Waals surface area contributed by atoms with Crippen molar-refractivity contribution in [2.45, 2.75) is 0 Å². The second-order valence-electron chi connectivity index (χ2n) is 13.6. The lowest BCUT2D eigenvalue weighted by Gasteiger charge is -2.17. The normalized spacial score (nSPS) is 11.9. The van der Waals surface area contributed by atoms with E-state index in [0.29, 0.717) is 5.56 Å². The van der Waals surface area contributed by atoms with Gasteiger partial charge in [-0.05, 0) is 119 Å². The molecule has 0 bridgehead atoms. The monoisotopic (exact) mass is 644 g/mol. The summed E-state index contributed by atoms with van der Waals surface area (Å²) in [6.45, 7) is 0. The van der Waals surface area contributed by atoms with E-state index in [1.165, 1.54) is 81.5 Å². The molecule has 1 heterocycles. The second-order valence-corrected chi connectivity index (χ2v) is 13.6. The minimum Gasteiger partial charge on any atom is -0.309 e. The predicted molar refractivity (Wildman–Crippen MR) is 215 cm³/mol. The molecule has 0 spiro atoms. The zero-order valence-corrected chi connectivity index (χ0v) is 27.6. The van der Waals surface area contributed by atoms with Crippen LogP contribution in [0.15, 0.2) is 170 Å². The van der Waals surface area contributed by atoms with Gasteiger partial charge in [-0.1, -0.05) is 127 Å². The molecular weight excluding hydrogens is 617 g/mol. The summed E-state index contributed by atoms with van der Waals surface area (Å²) in [6, 6.07) is 64.0. The third-order valence-electron chi connectivity index (χ3n) is 10.9. The molecule has 0 N–H and O–H groups in total.